The number of carbonyl (C=O) groups is 2. The molecule has 3 aromatic carbocycles. The van der Waals surface area contributed by atoms with E-state index in [4.69, 9.17) is 4.74 Å². The number of hydrogen-bond donors (Lipinski definition) is 2. The molecule has 0 fully saturated rings. The number of halogens is 5. The standard InChI is InChI=1S/C27H22F5N5O3/c28-20-10-18(11-21(29)12-20)13-33-26(39)24-23(15-40-14-17-4-2-1-3-5-17)37(36-35-24)22-8-6-19(7-9-22)25(38)34-16-27(30,31)32/h1-12H,13-16H2,(H,33,39)(H,34,38). The lowest BCUT2D eigenvalue weighted by Gasteiger charge is -2.11. The lowest BCUT2D eigenvalue weighted by atomic mass is 10.2. The quantitative estimate of drug-likeness (QED) is 0.279. The zero-order chi connectivity index (χ0) is 28.7. The summed E-state index contributed by atoms with van der Waals surface area (Å²) in [6.45, 7) is -1.58. The molecule has 0 saturated heterocycles. The van der Waals surface area contributed by atoms with Crippen molar-refractivity contribution in [1.82, 2.24) is 25.6 Å². The summed E-state index contributed by atoms with van der Waals surface area (Å²) in [5.74, 6) is -3.18. The van der Waals surface area contributed by atoms with E-state index in [1.165, 1.54) is 28.9 Å². The van der Waals surface area contributed by atoms with E-state index in [1.54, 1.807) is 5.32 Å². The summed E-state index contributed by atoms with van der Waals surface area (Å²) in [5.41, 5.74) is 1.51. The minimum atomic E-state index is -4.55. The van der Waals surface area contributed by atoms with E-state index >= 15 is 0 Å². The Kier molecular flexibility index (Phi) is 8.84. The van der Waals surface area contributed by atoms with Gasteiger partial charge in [-0.05, 0) is 47.5 Å². The lowest BCUT2D eigenvalue weighted by Crippen LogP contribution is -2.33. The number of hydrogen-bond acceptors (Lipinski definition) is 5. The molecule has 0 atom stereocenters. The number of aromatic nitrogens is 3. The first-order valence-corrected chi connectivity index (χ1v) is 11.8. The second-order valence-corrected chi connectivity index (χ2v) is 8.58. The van der Waals surface area contributed by atoms with Crippen LogP contribution in [0.15, 0.2) is 72.8 Å². The van der Waals surface area contributed by atoms with Gasteiger partial charge in [-0.1, -0.05) is 35.5 Å². The van der Waals surface area contributed by atoms with Gasteiger partial charge in [0.25, 0.3) is 11.8 Å². The molecule has 2 amide bonds. The number of rotatable bonds is 10. The van der Waals surface area contributed by atoms with Gasteiger partial charge in [-0.2, -0.15) is 13.2 Å². The van der Waals surface area contributed by atoms with Gasteiger partial charge in [-0.3, -0.25) is 9.59 Å². The van der Waals surface area contributed by atoms with E-state index in [2.05, 4.69) is 15.6 Å². The minimum absolute atomic E-state index is 0.0183. The van der Waals surface area contributed by atoms with E-state index < -0.39 is 36.2 Å². The summed E-state index contributed by atoms with van der Waals surface area (Å²) in [7, 11) is 0. The molecule has 0 spiro atoms. The van der Waals surface area contributed by atoms with E-state index in [1.807, 2.05) is 30.3 Å². The van der Waals surface area contributed by atoms with E-state index in [9.17, 15) is 31.5 Å². The fourth-order valence-electron chi connectivity index (χ4n) is 3.67. The van der Waals surface area contributed by atoms with Crippen molar-refractivity contribution in [3.8, 4) is 5.69 Å². The summed E-state index contributed by atoms with van der Waals surface area (Å²) in [6, 6.07) is 17.6. The van der Waals surface area contributed by atoms with Crippen molar-refractivity contribution in [2.75, 3.05) is 6.54 Å². The lowest BCUT2D eigenvalue weighted by molar-refractivity contribution is -0.123. The molecule has 208 valence electrons. The zero-order valence-corrected chi connectivity index (χ0v) is 20.7. The second-order valence-electron chi connectivity index (χ2n) is 8.58. The van der Waals surface area contributed by atoms with E-state index in [-0.39, 0.29) is 42.3 Å². The normalized spacial score (nSPS) is 11.3. The molecule has 0 aliphatic rings. The fraction of sp³-hybridized carbons (Fsp3) is 0.185. The summed E-state index contributed by atoms with van der Waals surface area (Å²) in [6.07, 6.45) is -4.55. The molecule has 4 rings (SSSR count). The molecule has 1 heterocycles. The van der Waals surface area contributed by atoms with Crippen molar-refractivity contribution in [2.45, 2.75) is 25.9 Å². The van der Waals surface area contributed by atoms with Gasteiger partial charge in [0.2, 0.25) is 0 Å². The third-order valence-corrected chi connectivity index (χ3v) is 5.53. The zero-order valence-electron chi connectivity index (χ0n) is 20.7. The fourth-order valence-corrected chi connectivity index (χ4v) is 3.67. The SMILES string of the molecule is O=C(NCC(F)(F)F)c1ccc(-n2nnc(C(=O)NCc3cc(F)cc(F)c3)c2COCc2ccccc2)cc1. The van der Waals surface area contributed by atoms with Crippen molar-refractivity contribution in [2.24, 2.45) is 0 Å². The number of carbonyl (C=O) groups excluding carboxylic acids is 2. The first kappa shape index (κ1) is 28.4. The number of nitrogens with zero attached hydrogens (tertiary/aromatic N) is 3. The van der Waals surface area contributed by atoms with Crippen LogP contribution in [0.25, 0.3) is 5.69 Å². The molecule has 0 aliphatic heterocycles. The smallest absolute Gasteiger partial charge is 0.370 e. The molecule has 4 aromatic rings. The van der Waals surface area contributed by atoms with Crippen LogP contribution in [0.4, 0.5) is 22.0 Å². The summed E-state index contributed by atoms with van der Waals surface area (Å²) in [5, 5.41) is 12.3. The Morgan fingerprint density at radius 1 is 0.825 bits per heavy atom. The van der Waals surface area contributed by atoms with Crippen LogP contribution in [-0.4, -0.2) is 39.5 Å². The average Bonchev–Trinajstić information content (AvgIpc) is 3.34. The first-order valence-electron chi connectivity index (χ1n) is 11.8. The van der Waals surface area contributed by atoms with Gasteiger partial charge in [0.1, 0.15) is 23.9 Å². The number of ether oxygens (including phenoxy) is 1. The van der Waals surface area contributed by atoms with Crippen molar-refractivity contribution < 1.29 is 36.3 Å². The number of amides is 2. The van der Waals surface area contributed by atoms with Crippen molar-refractivity contribution >= 4 is 11.8 Å². The monoisotopic (exact) mass is 559 g/mol. The number of nitrogens with one attached hydrogen (secondary N) is 2. The van der Waals surface area contributed by atoms with Gasteiger partial charge in [-0.25, -0.2) is 13.5 Å². The van der Waals surface area contributed by atoms with Gasteiger partial charge in [0, 0.05) is 18.2 Å². The maximum absolute atomic E-state index is 13.5. The van der Waals surface area contributed by atoms with Crippen molar-refractivity contribution in [1.29, 1.82) is 0 Å². The molecule has 1 aromatic heterocycles. The van der Waals surface area contributed by atoms with Crippen LogP contribution in [0.1, 0.15) is 37.7 Å². The topological polar surface area (TPSA) is 98.1 Å². The van der Waals surface area contributed by atoms with E-state index in [0.717, 1.165) is 17.7 Å². The third-order valence-electron chi connectivity index (χ3n) is 5.53. The predicted octanol–water partition coefficient (Wildman–Crippen LogP) is 4.48. The molecule has 0 aliphatic carbocycles. The van der Waals surface area contributed by atoms with Crippen LogP contribution in [-0.2, 0) is 24.5 Å². The van der Waals surface area contributed by atoms with Crippen molar-refractivity contribution in [3.63, 3.8) is 0 Å². The van der Waals surface area contributed by atoms with Gasteiger partial charge in [0.15, 0.2) is 5.69 Å². The molecule has 13 heteroatoms. The maximum Gasteiger partial charge on any atom is 0.405 e. The molecule has 0 bridgehead atoms. The van der Waals surface area contributed by atoms with Gasteiger partial charge in [-0.15, -0.1) is 5.10 Å². The Bertz CT molecular complexity index is 1450. The minimum Gasteiger partial charge on any atom is -0.370 e. The third kappa shape index (κ3) is 7.69. The predicted molar refractivity (Wildman–Crippen MR) is 132 cm³/mol. The highest BCUT2D eigenvalue weighted by Gasteiger charge is 2.28. The Labute approximate surface area is 224 Å². The molecular formula is C27H22F5N5O3. The molecule has 40 heavy (non-hydrogen) atoms. The Morgan fingerprint density at radius 3 is 2.15 bits per heavy atom. The van der Waals surface area contributed by atoms with Crippen LogP contribution in [0.3, 0.4) is 0 Å². The molecule has 0 radical (unpaired) electrons. The van der Waals surface area contributed by atoms with Crippen LogP contribution < -0.4 is 10.6 Å². The largest absolute Gasteiger partial charge is 0.405 e. The van der Waals surface area contributed by atoms with Gasteiger partial charge >= 0.3 is 6.18 Å². The van der Waals surface area contributed by atoms with E-state index in [0.29, 0.717) is 11.8 Å². The summed E-state index contributed by atoms with van der Waals surface area (Å²) < 4.78 is 71.3. The highest BCUT2D eigenvalue weighted by atomic mass is 19.4. The first-order chi connectivity index (χ1) is 19.1. The highest BCUT2D eigenvalue weighted by molar-refractivity contribution is 5.94. The summed E-state index contributed by atoms with van der Waals surface area (Å²) >= 11 is 0. The number of benzene rings is 3. The second kappa shape index (κ2) is 12.5. The number of alkyl halides is 3. The highest BCUT2D eigenvalue weighted by Crippen LogP contribution is 2.18. The Balaban J connectivity index is 1.54. The maximum atomic E-state index is 13.5. The van der Waals surface area contributed by atoms with Crippen LogP contribution in [0.2, 0.25) is 0 Å². The summed E-state index contributed by atoms with van der Waals surface area (Å²) in [4.78, 5) is 25.0. The molecule has 0 unspecified atom stereocenters. The van der Waals surface area contributed by atoms with Crippen LogP contribution in [0, 0.1) is 11.6 Å². The Morgan fingerprint density at radius 2 is 1.50 bits per heavy atom. The Hall–Kier alpha value is -4.65. The molecule has 0 saturated carbocycles. The average molecular weight is 559 g/mol. The van der Waals surface area contributed by atoms with Gasteiger partial charge < -0.3 is 15.4 Å². The molecule has 8 nitrogen and oxygen atoms in total. The molecular weight excluding hydrogens is 537 g/mol. The van der Waals surface area contributed by atoms with Crippen molar-refractivity contribution in [3.05, 3.63) is 113 Å². The van der Waals surface area contributed by atoms with Crippen LogP contribution in [0.5, 0.6) is 0 Å². The van der Waals surface area contributed by atoms with Crippen LogP contribution >= 0.6 is 0 Å². The van der Waals surface area contributed by atoms with Gasteiger partial charge in [0.05, 0.1) is 18.9 Å². The molecule has 2 N–H and O–H groups in total.